The lowest BCUT2D eigenvalue weighted by molar-refractivity contribution is 0.663. The van der Waals surface area contributed by atoms with Gasteiger partial charge in [-0.25, -0.2) is 0 Å². The fourth-order valence-corrected chi connectivity index (χ4v) is 2.24. The Morgan fingerprint density at radius 2 is 2.20 bits per heavy atom. The maximum Gasteiger partial charge on any atom is -0.00691 e. The highest BCUT2D eigenvalue weighted by Crippen LogP contribution is 2.59. The Morgan fingerprint density at radius 3 is 2.80 bits per heavy atom. The first-order chi connectivity index (χ1) is 4.62. The third-order valence-corrected chi connectivity index (χ3v) is 2.84. The Balaban J connectivity index is 2.38. The van der Waals surface area contributed by atoms with E-state index in [2.05, 4.69) is 32.9 Å². The Morgan fingerprint density at radius 1 is 1.50 bits per heavy atom. The Hall–Kier alpha value is -0.520. The minimum Gasteiger partial charge on any atom is -0.0750 e. The average molecular weight is 134 g/mol. The third-order valence-electron chi connectivity index (χ3n) is 2.84. The smallest absolute Gasteiger partial charge is 0.00691 e. The lowest BCUT2D eigenvalue weighted by Gasteiger charge is -2.12. The normalized spacial score (nSPS) is 43.7. The van der Waals surface area contributed by atoms with Crippen molar-refractivity contribution in [3.63, 3.8) is 0 Å². The van der Waals surface area contributed by atoms with Crippen LogP contribution in [0.15, 0.2) is 23.3 Å². The fraction of sp³-hybridized carbons (Fsp3) is 0.600. The van der Waals surface area contributed by atoms with Gasteiger partial charge < -0.3 is 0 Å². The van der Waals surface area contributed by atoms with Gasteiger partial charge in [0.15, 0.2) is 0 Å². The van der Waals surface area contributed by atoms with Crippen molar-refractivity contribution in [1.82, 2.24) is 0 Å². The third kappa shape index (κ3) is 0.681. The molecule has 1 saturated carbocycles. The molecule has 10 heavy (non-hydrogen) atoms. The molecule has 2 rings (SSSR count). The minimum atomic E-state index is 0.558. The molecule has 0 N–H and O–H groups in total. The number of hydrogen-bond donors (Lipinski definition) is 0. The largest absolute Gasteiger partial charge is 0.0750 e. The fourth-order valence-electron chi connectivity index (χ4n) is 2.24. The molecule has 0 heteroatoms. The summed E-state index contributed by atoms with van der Waals surface area (Å²) < 4.78 is 0. The van der Waals surface area contributed by atoms with E-state index in [1.807, 2.05) is 0 Å². The molecule has 2 atom stereocenters. The Bertz CT molecular complexity index is 232. The molecule has 0 aromatic rings. The highest BCUT2D eigenvalue weighted by molar-refractivity contribution is 5.38. The summed E-state index contributed by atoms with van der Waals surface area (Å²) in [4.78, 5) is 0. The second kappa shape index (κ2) is 1.55. The predicted octanol–water partition coefficient (Wildman–Crippen LogP) is 2.92. The maximum atomic E-state index is 2.42. The van der Waals surface area contributed by atoms with Crippen LogP contribution in [0.4, 0.5) is 0 Å². The van der Waals surface area contributed by atoms with Gasteiger partial charge >= 0.3 is 0 Å². The summed E-state index contributed by atoms with van der Waals surface area (Å²) in [7, 11) is 0. The van der Waals surface area contributed by atoms with Crippen molar-refractivity contribution < 1.29 is 0 Å². The number of hydrogen-bond acceptors (Lipinski definition) is 0. The van der Waals surface area contributed by atoms with E-state index in [9.17, 15) is 0 Å². The second-order valence-corrected chi connectivity index (χ2v) is 4.04. The van der Waals surface area contributed by atoms with Gasteiger partial charge in [0.2, 0.25) is 0 Å². The van der Waals surface area contributed by atoms with Gasteiger partial charge in [-0.05, 0) is 31.6 Å². The predicted molar refractivity (Wildman–Crippen MR) is 43.7 cm³/mol. The van der Waals surface area contributed by atoms with E-state index in [0.717, 1.165) is 5.92 Å². The number of allylic oxidation sites excluding steroid dienone is 4. The molecule has 0 aromatic heterocycles. The van der Waals surface area contributed by atoms with E-state index in [4.69, 9.17) is 0 Å². The Kier molecular flexibility index (Phi) is 0.964. The van der Waals surface area contributed by atoms with Gasteiger partial charge in [-0.1, -0.05) is 30.2 Å². The highest BCUT2D eigenvalue weighted by Gasteiger charge is 2.50. The first-order valence-electron chi connectivity index (χ1n) is 3.99. The van der Waals surface area contributed by atoms with Gasteiger partial charge in [-0.2, -0.15) is 0 Å². The maximum absolute atomic E-state index is 2.42. The number of fused-ring (bicyclic) bond motifs is 1. The van der Waals surface area contributed by atoms with E-state index in [1.165, 1.54) is 12.0 Å². The molecule has 0 aliphatic heterocycles. The van der Waals surface area contributed by atoms with Crippen molar-refractivity contribution in [2.45, 2.75) is 27.2 Å². The molecule has 0 spiro atoms. The first kappa shape index (κ1) is 6.21. The molecule has 0 heterocycles. The zero-order valence-corrected chi connectivity index (χ0v) is 6.94. The zero-order valence-electron chi connectivity index (χ0n) is 6.94. The summed E-state index contributed by atoms with van der Waals surface area (Å²) in [6.07, 6.45) is 6.12. The van der Waals surface area contributed by atoms with E-state index in [1.54, 1.807) is 5.57 Å². The molecule has 0 bridgehead atoms. The van der Waals surface area contributed by atoms with Crippen molar-refractivity contribution in [3.05, 3.63) is 23.3 Å². The van der Waals surface area contributed by atoms with Crippen LogP contribution >= 0.6 is 0 Å². The summed E-state index contributed by atoms with van der Waals surface area (Å²) >= 11 is 0. The molecular weight excluding hydrogens is 120 g/mol. The summed E-state index contributed by atoms with van der Waals surface area (Å²) in [5, 5.41) is 0. The summed E-state index contributed by atoms with van der Waals surface area (Å²) in [5.41, 5.74) is 3.60. The molecule has 2 unspecified atom stereocenters. The summed E-state index contributed by atoms with van der Waals surface area (Å²) in [6, 6.07) is 0. The highest BCUT2D eigenvalue weighted by atomic mass is 14.5. The first-order valence-corrected chi connectivity index (χ1v) is 3.99. The van der Waals surface area contributed by atoms with E-state index >= 15 is 0 Å². The zero-order chi connectivity index (χ0) is 7.35. The van der Waals surface area contributed by atoms with Crippen molar-refractivity contribution in [3.8, 4) is 0 Å². The standard InChI is InChI=1S/C10H14/c1-7-4-8(2)9-6-10(9,3)5-7/h4-5,9H,6H2,1-3H3. The molecule has 0 radical (unpaired) electrons. The monoisotopic (exact) mass is 134 g/mol. The van der Waals surface area contributed by atoms with Crippen LogP contribution < -0.4 is 0 Å². The van der Waals surface area contributed by atoms with Crippen molar-refractivity contribution in [2.75, 3.05) is 0 Å². The van der Waals surface area contributed by atoms with Gasteiger partial charge in [-0.3, -0.25) is 0 Å². The lowest BCUT2D eigenvalue weighted by atomic mass is 9.93. The topological polar surface area (TPSA) is 0 Å². The van der Waals surface area contributed by atoms with Gasteiger partial charge in [0, 0.05) is 0 Å². The van der Waals surface area contributed by atoms with Crippen LogP contribution in [0.3, 0.4) is 0 Å². The van der Waals surface area contributed by atoms with Gasteiger partial charge in [0.05, 0.1) is 0 Å². The number of rotatable bonds is 0. The molecule has 0 amide bonds. The quantitative estimate of drug-likeness (QED) is 0.478. The van der Waals surface area contributed by atoms with Crippen molar-refractivity contribution in [1.29, 1.82) is 0 Å². The molecule has 2 aliphatic rings. The SMILES string of the molecule is CC1=CC2(C)CC2C(C)=C1. The summed E-state index contributed by atoms with van der Waals surface area (Å²) in [5.74, 6) is 0.885. The van der Waals surface area contributed by atoms with Crippen LogP contribution in [-0.2, 0) is 0 Å². The average Bonchev–Trinajstić information content (AvgIpc) is 2.39. The molecule has 54 valence electrons. The molecule has 0 nitrogen and oxygen atoms in total. The molecule has 0 saturated heterocycles. The molecule has 2 aliphatic carbocycles. The van der Waals surface area contributed by atoms with Gasteiger partial charge in [0.25, 0.3) is 0 Å². The van der Waals surface area contributed by atoms with Crippen LogP contribution in [0.2, 0.25) is 0 Å². The lowest BCUT2D eigenvalue weighted by Crippen LogP contribution is -2.00. The van der Waals surface area contributed by atoms with E-state index < -0.39 is 0 Å². The summed E-state index contributed by atoms with van der Waals surface area (Å²) in [6.45, 7) is 6.81. The van der Waals surface area contributed by atoms with Crippen LogP contribution in [0.25, 0.3) is 0 Å². The van der Waals surface area contributed by atoms with Crippen molar-refractivity contribution in [2.24, 2.45) is 11.3 Å². The van der Waals surface area contributed by atoms with Crippen molar-refractivity contribution >= 4 is 0 Å². The van der Waals surface area contributed by atoms with Gasteiger partial charge in [-0.15, -0.1) is 0 Å². The van der Waals surface area contributed by atoms with Crippen LogP contribution in [0, 0.1) is 11.3 Å². The Labute approximate surface area is 62.6 Å². The van der Waals surface area contributed by atoms with E-state index in [-0.39, 0.29) is 0 Å². The van der Waals surface area contributed by atoms with Crippen LogP contribution in [0.1, 0.15) is 27.2 Å². The molecule has 0 aromatic carbocycles. The van der Waals surface area contributed by atoms with E-state index in [0.29, 0.717) is 5.41 Å². The second-order valence-electron chi connectivity index (χ2n) is 4.04. The van der Waals surface area contributed by atoms with Gasteiger partial charge in [0.1, 0.15) is 0 Å². The molecule has 1 fully saturated rings. The van der Waals surface area contributed by atoms with Crippen LogP contribution in [0.5, 0.6) is 0 Å². The minimum absolute atomic E-state index is 0.558. The molecular formula is C10H14. The van der Waals surface area contributed by atoms with Crippen LogP contribution in [-0.4, -0.2) is 0 Å².